The summed E-state index contributed by atoms with van der Waals surface area (Å²) < 4.78 is 52.7. The molecule has 0 unspecified atom stereocenters. The molecule has 0 aromatic heterocycles. The zero-order valence-electron chi connectivity index (χ0n) is 15.8. The second-order valence-electron chi connectivity index (χ2n) is 6.17. The van der Waals surface area contributed by atoms with E-state index in [0.717, 1.165) is 16.6 Å². The molecule has 0 aliphatic heterocycles. The first-order valence-corrected chi connectivity index (χ1v) is 10.8. The Hall–Kier alpha value is -2.58. The molecule has 0 atom stereocenters. The van der Waals surface area contributed by atoms with Crippen LogP contribution in [0.15, 0.2) is 76.1 Å². The minimum absolute atomic E-state index is 0.00580. The van der Waals surface area contributed by atoms with Crippen LogP contribution >= 0.6 is 15.9 Å². The van der Waals surface area contributed by atoms with Gasteiger partial charge in [0.05, 0.1) is 31.3 Å². The fraction of sp³-hybridized carbons (Fsp3) is 0.143. The van der Waals surface area contributed by atoms with Crippen LogP contribution in [0.4, 0.5) is 10.1 Å². The van der Waals surface area contributed by atoms with Crippen molar-refractivity contribution >= 4 is 31.6 Å². The molecule has 0 fully saturated rings. The summed E-state index contributed by atoms with van der Waals surface area (Å²) in [5.41, 5.74) is 1.14. The number of sulfonamides is 1. The van der Waals surface area contributed by atoms with E-state index in [4.69, 9.17) is 9.47 Å². The molecule has 0 bridgehead atoms. The smallest absolute Gasteiger partial charge is 0.264 e. The number of hydrogen-bond donors (Lipinski definition) is 0. The van der Waals surface area contributed by atoms with Gasteiger partial charge in [-0.05, 0) is 60.2 Å². The molecule has 152 valence electrons. The fourth-order valence-corrected chi connectivity index (χ4v) is 4.64. The first-order valence-electron chi connectivity index (χ1n) is 8.59. The topological polar surface area (TPSA) is 55.8 Å². The van der Waals surface area contributed by atoms with Crippen molar-refractivity contribution in [3.05, 3.63) is 82.6 Å². The second kappa shape index (κ2) is 8.84. The number of methoxy groups -OCH3 is 2. The van der Waals surface area contributed by atoms with Crippen LogP contribution in [0.2, 0.25) is 0 Å². The number of rotatable bonds is 7. The Bertz CT molecular complexity index is 1080. The number of benzene rings is 3. The summed E-state index contributed by atoms with van der Waals surface area (Å²) in [5, 5.41) is 0. The summed E-state index contributed by atoms with van der Waals surface area (Å²) in [7, 11) is -0.905. The normalized spacial score (nSPS) is 11.2. The van der Waals surface area contributed by atoms with Crippen LogP contribution in [-0.2, 0) is 16.6 Å². The molecule has 0 saturated carbocycles. The minimum atomic E-state index is -3.96. The predicted octanol–water partition coefficient (Wildman–Crippen LogP) is 5.00. The van der Waals surface area contributed by atoms with Crippen LogP contribution in [0.3, 0.4) is 0 Å². The van der Waals surface area contributed by atoms with Gasteiger partial charge >= 0.3 is 0 Å². The molecule has 0 radical (unpaired) electrons. The number of halogens is 2. The van der Waals surface area contributed by atoms with Gasteiger partial charge in [0.2, 0.25) is 0 Å². The lowest BCUT2D eigenvalue weighted by Gasteiger charge is -2.25. The highest BCUT2D eigenvalue weighted by molar-refractivity contribution is 9.10. The second-order valence-corrected chi connectivity index (χ2v) is 8.94. The Kier molecular flexibility index (Phi) is 6.44. The van der Waals surface area contributed by atoms with Crippen molar-refractivity contribution in [2.45, 2.75) is 11.4 Å². The Balaban J connectivity index is 2.10. The monoisotopic (exact) mass is 479 g/mol. The third kappa shape index (κ3) is 4.89. The van der Waals surface area contributed by atoms with Gasteiger partial charge in [-0.3, -0.25) is 4.31 Å². The summed E-state index contributed by atoms with van der Waals surface area (Å²) >= 11 is 3.38. The first kappa shape index (κ1) is 21.1. The maximum absolute atomic E-state index is 13.4. The predicted molar refractivity (Wildman–Crippen MR) is 113 cm³/mol. The highest BCUT2D eigenvalue weighted by Crippen LogP contribution is 2.30. The van der Waals surface area contributed by atoms with Gasteiger partial charge in [0, 0.05) is 10.5 Å². The van der Waals surface area contributed by atoms with E-state index in [0.29, 0.717) is 22.7 Å². The van der Waals surface area contributed by atoms with Crippen molar-refractivity contribution < 1.29 is 22.3 Å². The molecule has 0 aliphatic rings. The molecule has 3 aromatic rings. The van der Waals surface area contributed by atoms with E-state index in [2.05, 4.69) is 15.9 Å². The summed E-state index contributed by atoms with van der Waals surface area (Å²) in [6, 6.07) is 16.9. The zero-order chi connectivity index (χ0) is 21.0. The number of nitrogens with zero attached hydrogens (tertiary/aromatic N) is 1. The van der Waals surface area contributed by atoms with Crippen molar-refractivity contribution in [2.24, 2.45) is 0 Å². The van der Waals surface area contributed by atoms with E-state index in [1.165, 1.54) is 30.7 Å². The molecule has 0 aliphatic carbocycles. The van der Waals surface area contributed by atoms with E-state index >= 15 is 0 Å². The molecule has 3 aromatic carbocycles. The molecular weight excluding hydrogens is 461 g/mol. The Labute approximate surface area is 177 Å². The standard InChI is InChI=1S/C21H19BrFNO4S/c1-27-19-10-15(11-20(13-19)28-2)14-24(18-5-3-4-16(22)12-18)29(25,26)21-8-6-17(23)7-9-21/h3-13H,14H2,1-2H3. The van der Waals surface area contributed by atoms with E-state index in [1.807, 2.05) is 0 Å². The van der Waals surface area contributed by atoms with Gasteiger partial charge in [-0.25, -0.2) is 12.8 Å². The van der Waals surface area contributed by atoms with Gasteiger partial charge in [0.25, 0.3) is 10.0 Å². The third-order valence-corrected chi connectivity index (χ3v) is 6.52. The summed E-state index contributed by atoms with van der Waals surface area (Å²) in [4.78, 5) is -0.00580. The van der Waals surface area contributed by atoms with Gasteiger partial charge in [-0.1, -0.05) is 22.0 Å². The van der Waals surface area contributed by atoms with E-state index in [-0.39, 0.29) is 11.4 Å². The minimum Gasteiger partial charge on any atom is -0.497 e. The summed E-state index contributed by atoms with van der Waals surface area (Å²) in [5.74, 6) is 0.593. The van der Waals surface area contributed by atoms with Crippen LogP contribution in [0.1, 0.15) is 5.56 Å². The third-order valence-electron chi connectivity index (χ3n) is 4.24. The summed E-state index contributed by atoms with van der Waals surface area (Å²) in [6.07, 6.45) is 0. The Morgan fingerprint density at radius 1 is 0.931 bits per heavy atom. The van der Waals surface area contributed by atoms with Gasteiger partial charge in [-0.15, -0.1) is 0 Å². The quantitative estimate of drug-likeness (QED) is 0.478. The molecule has 0 heterocycles. The van der Waals surface area contributed by atoms with E-state index in [1.54, 1.807) is 42.5 Å². The lowest BCUT2D eigenvalue weighted by Crippen LogP contribution is -2.30. The van der Waals surface area contributed by atoms with Crippen LogP contribution in [0, 0.1) is 5.82 Å². The van der Waals surface area contributed by atoms with Crippen LogP contribution in [0.5, 0.6) is 11.5 Å². The van der Waals surface area contributed by atoms with Crippen molar-refractivity contribution in [1.82, 2.24) is 0 Å². The van der Waals surface area contributed by atoms with Crippen molar-refractivity contribution in [2.75, 3.05) is 18.5 Å². The molecule has 3 rings (SSSR count). The van der Waals surface area contributed by atoms with Gasteiger partial charge in [0.1, 0.15) is 17.3 Å². The molecule has 0 N–H and O–H groups in total. The van der Waals surface area contributed by atoms with Gasteiger partial charge in [0.15, 0.2) is 0 Å². The molecule has 29 heavy (non-hydrogen) atoms. The molecule has 0 amide bonds. The van der Waals surface area contributed by atoms with Crippen molar-refractivity contribution in [1.29, 1.82) is 0 Å². The number of hydrogen-bond acceptors (Lipinski definition) is 4. The van der Waals surface area contributed by atoms with Gasteiger partial charge < -0.3 is 9.47 Å². The molecular formula is C21H19BrFNO4S. The first-order chi connectivity index (χ1) is 13.8. The lowest BCUT2D eigenvalue weighted by molar-refractivity contribution is 0.393. The lowest BCUT2D eigenvalue weighted by atomic mass is 10.2. The average molecular weight is 480 g/mol. The zero-order valence-corrected chi connectivity index (χ0v) is 18.2. The largest absolute Gasteiger partial charge is 0.497 e. The van der Waals surface area contributed by atoms with Gasteiger partial charge in [-0.2, -0.15) is 0 Å². The SMILES string of the molecule is COc1cc(CN(c2cccc(Br)c2)S(=O)(=O)c2ccc(F)cc2)cc(OC)c1. The molecule has 8 heteroatoms. The van der Waals surface area contributed by atoms with Crippen LogP contribution < -0.4 is 13.8 Å². The van der Waals surface area contributed by atoms with E-state index < -0.39 is 15.8 Å². The number of ether oxygens (including phenoxy) is 2. The Morgan fingerprint density at radius 2 is 1.55 bits per heavy atom. The maximum atomic E-state index is 13.4. The maximum Gasteiger partial charge on any atom is 0.264 e. The molecule has 0 saturated heterocycles. The van der Waals surface area contributed by atoms with Crippen molar-refractivity contribution in [3.63, 3.8) is 0 Å². The fourth-order valence-electron chi connectivity index (χ4n) is 2.80. The molecule has 0 spiro atoms. The van der Waals surface area contributed by atoms with Crippen LogP contribution in [0.25, 0.3) is 0 Å². The van der Waals surface area contributed by atoms with E-state index in [9.17, 15) is 12.8 Å². The highest BCUT2D eigenvalue weighted by atomic mass is 79.9. The Morgan fingerprint density at radius 3 is 2.10 bits per heavy atom. The molecule has 5 nitrogen and oxygen atoms in total. The highest BCUT2D eigenvalue weighted by Gasteiger charge is 2.26. The van der Waals surface area contributed by atoms with Crippen molar-refractivity contribution in [3.8, 4) is 11.5 Å². The number of anilines is 1. The summed E-state index contributed by atoms with van der Waals surface area (Å²) in [6.45, 7) is 0.0315. The average Bonchev–Trinajstić information content (AvgIpc) is 2.71. The van der Waals surface area contributed by atoms with Crippen LogP contribution in [-0.4, -0.2) is 22.6 Å².